The van der Waals surface area contributed by atoms with Gasteiger partial charge in [0.2, 0.25) is 5.16 Å². The Bertz CT molecular complexity index is 388. The summed E-state index contributed by atoms with van der Waals surface area (Å²) in [5, 5.41) is 9.29. The van der Waals surface area contributed by atoms with Gasteiger partial charge in [-0.3, -0.25) is 0 Å². The standard InChI is InChI=1S/C13H24N4S/c1-13(2,3)11-15-16-12(17(11)14)18-9-10-7-5-4-6-8-10/h10H,4-9,14H2,1-3H3. The van der Waals surface area contributed by atoms with Gasteiger partial charge in [-0.25, -0.2) is 4.68 Å². The van der Waals surface area contributed by atoms with Crippen molar-refractivity contribution in [2.45, 2.75) is 63.4 Å². The summed E-state index contributed by atoms with van der Waals surface area (Å²) in [4.78, 5) is 0. The maximum absolute atomic E-state index is 6.08. The van der Waals surface area contributed by atoms with Crippen LogP contribution in [0.2, 0.25) is 0 Å². The molecule has 18 heavy (non-hydrogen) atoms. The van der Waals surface area contributed by atoms with E-state index >= 15 is 0 Å². The van der Waals surface area contributed by atoms with Gasteiger partial charge < -0.3 is 5.84 Å². The number of nitrogens with zero attached hydrogens (tertiary/aromatic N) is 3. The summed E-state index contributed by atoms with van der Waals surface area (Å²) >= 11 is 1.75. The summed E-state index contributed by atoms with van der Waals surface area (Å²) in [6.07, 6.45) is 6.89. The third-order valence-electron chi connectivity index (χ3n) is 3.51. The zero-order valence-corrected chi connectivity index (χ0v) is 12.5. The largest absolute Gasteiger partial charge is 0.336 e. The maximum atomic E-state index is 6.08. The van der Waals surface area contributed by atoms with Crippen LogP contribution in [-0.2, 0) is 5.41 Å². The second-order valence-electron chi connectivity index (χ2n) is 6.24. The molecule has 0 atom stereocenters. The molecule has 0 saturated heterocycles. The van der Waals surface area contributed by atoms with E-state index < -0.39 is 0 Å². The average molecular weight is 268 g/mol. The van der Waals surface area contributed by atoms with Crippen LogP contribution in [-0.4, -0.2) is 20.6 Å². The number of hydrogen-bond acceptors (Lipinski definition) is 4. The Kier molecular flexibility index (Phi) is 4.20. The molecule has 0 spiro atoms. The normalized spacial score (nSPS) is 18.2. The van der Waals surface area contributed by atoms with Gasteiger partial charge in [0.05, 0.1) is 0 Å². The summed E-state index contributed by atoms with van der Waals surface area (Å²) < 4.78 is 1.66. The molecule has 2 N–H and O–H groups in total. The fraction of sp³-hybridized carbons (Fsp3) is 0.846. The fourth-order valence-corrected chi connectivity index (χ4v) is 3.48. The first kappa shape index (κ1) is 13.7. The van der Waals surface area contributed by atoms with E-state index in [9.17, 15) is 0 Å². The molecule has 0 unspecified atom stereocenters. The van der Waals surface area contributed by atoms with E-state index in [0.717, 1.165) is 22.7 Å². The molecule has 0 bridgehead atoms. The van der Waals surface area contributed by atoms with Crippen molar-refractivity contribution < 1.29 is 0 Å². The van der Waals surface area contributed by atoms with Gasteiger partial charge in [0.15, 0.2) is 5.82 Å². The van der Waals surface area contributed by atoms with Crippen LogP contribution in [0, 0.1) is 5.92 Å². The number of aromatic nitrogens is 3. The summed E-state index contributed by atoms with van der Waals surface area (Å²) in [6.45, 7) is 6.32. The molecule has 102 valence electrons. The van der Waals surface area contributed by atoms with Crippen molar-refractivity contribution in [2.24, 2.45) is 5.92 Å². The lowest BCUT2D eigenvalue weighted by atomic mass is 9.91. The molecule has 1 aliphatic rings. The Labute approximate surface area is 114 Å². The second kappa shape index (κ2) is 5.51. The van der Waals surface area contributed by atoms with Gasteiger partial charge >= 0.3 is 0 Å². The first-order valence-corrected chi connectivity index (χ1v) is 7.81. The van der Waals surface area contributed by atoms with Crippen molar-refractivity contribution in [3.63, 3.8) is 0 Å². The lowest BCUT2D eigenvalue weighted by molar-refractivity contribution is 0.390. The maximum Gasteiger partial charge on any atom is 0.209 e. The van der Waals surface area contributed by atoms with Crippen molar-refractivity contribution in [3.8, 4) is 0 Å². The van der Waals surface area contributed by atoms with Gasteiger partial charge in [-0.1, -0.05) is 51.8 Å². The van der Waals surface area contributed by atoms with Gasteiger partial charge in [0, 0.05) is 11.2 Å². The highest BCUT2D eigenvalue weighted by molar-refractivity contribution is 7.99. The average Bonchev–Trinajstić information content (AvgIpc) is 2.69. The highest BCUT2D eigenvalue weighted by atomic mass is 32.2. The van der Waals surface area contributed by atoms with Gasteiger partial charge in [0.25, 0.3) is 0 Å². The van der Waals surface area contributed by atoms with Crippen molar-refractivity contribution in [1.29, 1.82) is 0 Å². The molecule has 1 aromatic heterocycles. The van der Waals surface area contributed by atoms with E-state index in [-0.39, 0.29) is 5.41 Å². The minimum Gasteiger partial charge on any atom is -0.336 e. The van der Waals surface area contributed by atoms with Crippen LogP contribution in [0.5, 0.6) is 0 Å². The van der Waals surface area contributed by atoms with E-state index in [2.05, 4.69) is 31.0 Å². The minimum absolute atomic E-state index is 0.0502. The van der Waals surface area contributed by atoms with Crippen molar-refractivity contribution in [1.82, 2.24) is 14.9 Å². The SMILES string of the molecule is CC(C)(C)c1nnc(SCC2CCCCC2)n1N. The molecule has 1 aliphatic carbocycles. The predicted octanol–water partition coefficient (Wildman–Crippen LogP) is 2.96. The van der Waals surface area contributed by atoms with Crippen molar-refractivity contribution in [3.05, 3.63) is 5.82 Å². The molecule has 0 aliphatic heterocycles. The van der Waals surface area contributed by atoms with E-state index in [1.165, 1.54) is 32.1 Å². The monoisotopic (exact) mass is 268 g/mol. The lowest BCUT2D eigenvalue weighted by Crippen LogP contribution is -2.24. The zero-order chi connectivity index (χ0) is 13.2. The molecule has 1 saturated carbocycles. The Morgan fingerprint density at radius 2 is 1.89 bits per heavy atom. The third kappa shape index (κ3) is 3.19. The number of thioether (sulfide) groups is 1. The topological polar surface area (TPSA) is 56.7 Å². The van der Waals surface area contributed by atoms with Crippen LogP contribution in [0.15, 0.2) is 5.16 Å². The number of nitrogens with two attached hydrogens (primary N) is 1. The van der Waals surface area contributed by atoms with E-state index in [4.69, 9.17) is 5.84 Å². The zero-order valence-electron chi connectivity index (χ0n) is 11.6. The molecule has 1 fully saturated rings. The number of hydrogen-bond donors (Lipinski definition) is 1. The van der Waals surface area contributed by atoms with E-state index in [1.807, 2.05) is 0 Å². The molecular weight excluding hydrogens is 244 g/mol. The molecule has 0 aromatic carbocycles. The first-order valence-electron chi connectivity index (χ1n) is 6.82. The van der Waals surface area contributed by atoms with Gasteiger partial charge in [0.1, 0.15) is 0 Å². The molecule has 2 rings (SSSR count). The number of nitrogen functional groups attached to an aromatic ring is 1. The van der Waals surface area contributed by atoms with E-state index in [0.29, 0.717) is 0 Å². The van der Waals surface area contributed by atoms with Crippen LogP contribution in [0.4, 0.5) is 0 Å². The molecule has 1 aromatic rings. The summed E-state index contributed by atoms with van der Waals surface area (Å²) in [5.41, 5.74) is -0.0502. The van der Waals surface area contributed by atoms with Gasteiger partial charge in [-0.05, 0) is 18.8 Å². The molecule has 5 heteroatoms. The lowest BCUT2D eigenvalue weighted by Gasteiger charge is -2.21. The van der Waals surface area contributed by atoms with E-state index in [1.54, 1.807) is 16.4 Å². The van der Waals surface area contributed by atoms with Gasteiger partial charge in [-0.15, -0.1) is 10.2 Å². The number of rotatable bonds is 3. The fourth-order valence-electron chi connectivity index (χ4n) is 2.43. The van der Waals surface area contributed by atoms with Crippen LogP contribution >= 0.6 is 11.8 Å². The third-order valence-corrected chi connectivity index (χ3v) is 4.68. The van der Waals surface area contributed by atoms with Gasteiger partial charge in [-0.2, -0.15) is 0 Å². The minimum atomic E-state index is -0.0502. The quantitative estimate of drug-likeness (QED) is 0.676. The van der Waals surface area contributed by atoms with Crippen LogP contribution in [0.1, 0.15) is 58.7 Å². The Hall–Kier alpha value is -0.710. The van der Waals surface area contributed by atoms with Crippen LogP contribution < -0.4 is 5.84 Å². The molecular formula is C13H24N4S. The van der Waals surface area contributed by atoms with Crippen molar-refractivity contribution >= 4 is 11.8 Å². The molecule has 1 heterocycles. The van der Waals surface area contributed by atoms with Crippen molar-refractivity contribution in [2.75, 3.05) is 11.6 Å². The first-order chi connectivity index (χ1) is 8.48. The molecule has 0 amide bonds. The summed E-state index contributed by atoms with van der Waals surface area (Å²) in [5.74, 6) is 8.89. The Morgan fingerprint density at radius 1 is 1.22 bits per heavy atom. The highest BCUT2D eigenvalue weighted by Gasteiger charge is 2.23. The van der Waals surface area contributed by atoms with Crippen LogP contribution in [0.25, 0.3) is 0 Å². The molecule has 4 nitrogen and oxygen atoms in total. The molecule has 0 radical (unpaired) electrons. The smallest absolute Gasteiger partial charge is 0.209 e. The second-order valence-corrected chi connectivity index (χ2v) is 7.23. The summed E-state index contributed by atoms with van der Waals surface area (Å²) in [7, 11) is 0. The predicted molar refractivity (Wildman–Crippen MR) is 76.2 cm³/mol. The summed E-state index contributed by atoms with van der Waals surface area (Å²) in [6, 6.07) is 0. The van der Waals surface area contributed by atoms with Crippen LogP contribution in [0.3, 0.4) is 0 Å². The Balaban J connectivity index is 1.95. The highest BCUT2D eigenvalue weighted by Crippen LogP contribution is 2.30. The Morgan fingerprint density at radius 3 is 2.44 bits per heavy atom.